The van der Waals surface area contributed by atoms with Gasteiger partial charge in [-0.05, 0) is 67.7 Å². The van der Waals surface area contributed by atoms with E-state index in [1.807, 2.05) is 26.8 Å². The van der Waals surface area contributed by atoms with Crippen molar-refractivity contribution in [3.8, 4) is 5.75 Å². The number of rotatable bonds is 6. The summed E-state index contributed by atoms with van der Waals surface area (Å²) in [6.07, 6.45) is 8.48. The first kappa shape index (κ1) is 29.1. The van der Waals surface area contributed by atoms with Gasteiger partial charge < -0.3 is 20.4 Å². The number of phenols is 1. The minimum Gasteiger partial charge on any atom is -0.511 e. The number of allylic oxidation sites excluding steroid dienone is 6. The van der Waals surface area contributed by atoms with Gasteiger partial charge in [0, 0.05) is 22.3 Å². The summed E-state index contributed by atoms with van der Waals surface area (Å²) in [4.78, 5) is 40.5. The fraction of sp³-hybridized carbons (Fsp3) is 0.500. The number of ketones is 3. The fourth-order valence-electron chi connectivity index (χ4n) is 8.37. The first-order chi connectivity index (χ1) is 19.1. The summed E-state index contributed by atoms with van der Waals surface area (Å²) in [6.45, 7) is 10.4. The molecule has 4 aliphatic rings. The Bertz CT molecular complexity index is 1520. The van der Waals surface area contributed by atoms with Gasteiger partial charge in [0.2, 0.25) is 5.78 Å². The zero-order chi connectivity index (χ0) is 30.2. The van der Waals surface area contributed by atoms with Gasteiger partial charge in [0.25, 0.3) is 0 Å². The van der Waals surface area contributed by atoms with Crippen LogP contribution in [0.1, 0.15) is 95.1 Å². The summed E-state index contributed by atoms with van der Waals surface area (Å²) >= 11 is 0. The molecule has 7 heteroatoms. The van der Waals surface area contributed by atoms with Gasteiger partial charge in [0.15, 0.2) is 17.2 Å². The maximum Gasteiger partial charge on any atom is 0.209 e. The second kappa shape index (κ2) is 9.55. The van der Waals surface area contributed by atoms with E-state index in [0.29, 0.717) is 5.56 Å². The summed E-state index contributed by atoms with van der Waals surface area (Å²) in [5.74, 6) is -5.03. The number of carbonyl (C=O) groups is 3. The Labute approximate surface area is 241 Å². The maximum atomic E-state index is 14.2. The molecule has 0 aliphatic heterocycles. The number of aromatic hydroxyl groups is 1. The molecule has 4 atom stereocenters. The van der Waals surface area contributed by atoms with Crippen LogP contribution in [0, 0.1) is 22.7 Å². The third-order valence-electron chi connectivity index (χ3n) is 10.0. The molecule has 0 spiro atoms. The molecule has 41 heavy (non-hydrogen) atoms. The van der Waals surface area contributed by atoms with Crippen molar-refractivity contribution in [2.75, 3.05) is 0 Å². The lowest BCUT2D eigenvalue weighted by atomic mass is 9.44. The minimum absolute atomic E-state index is 0.0606. The van der Waals surface area contributed by atoms with Crippen molar-refractivity contribution in [3.05, 3.63) is 69.2 Å². The predicted molar refractivity (Wildman–Crippen MR) is 155 cm³/mol. The standard InChI is InChI=1S/C34H40O7/c1-7-8-9-19-10-11-20(14-19)21-12-13-23(36)25-22(21)15-32(5)16-33(6)26(17(2)3)28(37)24(18(4)35)30(39)34(33,41)31(40)27(32)29(25)38/h10-13,17,26,36-37,40-41H,7-9,14-16H2,1-6H3/t26?,32-,33-,34+/m1/s1. The molecule has 0 heterocycles. The molecule has 7 nitrogen and oxygen atoms in total. The first-order valence-corrected chi connectivity index (χ1v) is 14.6. The molecular formula is C34H40O7. The van der Waals surface area contributed by atoms with Crippen LogP contribution in [0.15, 0.2) is 52.5 Å². The van der Waals surface area contributed by atoms with Crippen molar-refractivity contribution in [2.24, 2.45) is 22.7 Å². The largest absolute Gasteiger partial charge is 0.511 e. The van der Waals surface area contributed by atoms with Crippen molar-refractivity contribution in [1.29, 1.82) is 0 Å². The van der Waals surface area contributed by atoms with Crippen LogP contribution in [0.5, 0.6) is 5.75 Å². The zero-order valence-corrected chi connectivity index (χ0v) is 24.7. The van der Waals surface area contributed by atoms with Crippen LogP contribution >= 0.6 is 0 Å². The molecule has 5 rings (SSSR count). The number of benzene rings is 1. The highest BCUT2D eigenvalue weighted by atomic mass is 16.3. The number of hydrogen-bond acceptors (Lipinski definition) is 7. The predicted octanol–water partition coefficient (Wildman–Crippen LogP) is 6.25. The third-order valence-corrected chi connectivity index (χ3v) is 10.0. The summed E-state index contributed by atoms with van der Waals surface area (Å²) in [6, 6.07) is 3.31. The van der Waals surface area contributed by atoms with E-state index in [4.69, 9.17) is 0 Å². The average molecular weight is 561 g/mol. The van der Waals surface area contributed by atoms with E-state index in [0.717, 1.165) is 43.7 Å². The monoisotopic (exact) mass is 560 g/mol. The van der Waals surface area contributed by atoms with Crippen molar-refractivity contribution in [1.82, 2.24) is 0 Å². The lowest BCUT2D eigenvalue weighted by Gasteiger charge is -2.59. The van der Waals surface area contributed by atoms with Crippen molar-refractivity contribution in [3.63, 3.8) is 0 Å². The topological polar surface area (TPSA) is 132 Å². The van der Waals surface area contributed by atoms with E-state index >= 15 is 0 Å². The van der Waals surface area contributed by atoms with Gasteiger partial charge in [-0.1, -0.05) is 64.8 Å². The molecule has 4 aliphatic carbocycles. The van der Waals surface area contributed by atoms with E-state index < -0.39 is 51.0 Å². The molecule has 1 aromatic rings. The highest BCUT2D eigenvalue weighted by Crippen LogP contribution is 2.65. The van der Waals surface area contributed by atoms with Crippen molar-refractivity contribution in [2.45, 2.75) is 85.7 Å². The van der Waals surface area contributed by atoms with Gasteiger partial charge in [0.05, 0.1) is 5.56 Å². The molecule has 218 valence electrons. The SMILES string of the molecule is CCCCC1=CC=C(c2ccc(O)c3c2C[C@]2(C)C[C@]4(C)C(C(C)C)C(O)=C(C(C)=O)C(=O)[C@]4(O)C(O)=C2C3=O)C1. The smallest absolute Gasteiger partial charge is 0.209 e. The molecule has 0 radical (unpaired) electrons. The van der Waals surface area contributed by atoms with Gasteiger partial charge in [-0.3, -0.25) is 14.4 Å². The highest BCUT2D eigenvalue weighted by Gasteiger charge is 2.71. The third kappa shape index (κ3) is 3.84. The van der Waals surface area contributed by atoms with Crippen LogP contribution in [-0.2, 0) is 16.0 Å². The van der Waals surface area contributed by atoms with E-state index in [9.17, 15) is 34.8 Å². The zero-order valence-electron chi connectivity index (χ0n) is 24.7. The number of unbranched alkanes of at least 4 members (excludes halogenated alkanes) is 1. The van der Waals surface area contributed by atoms with Crippen LogP contribution in [0.3, 0.4) is 0 Å². The lowest BCUT2D eigenvalue weighted by Crippen LogP contribution is -2.67. The number of fused-ring (bicyclic) bond motifs is 3. The molecule has 0 saturated heterocycles. The van der Waals surface area contributed by atoms with Crippen molar-refractivity contribution < 1.29 is 34.8 Å². The van der Waals surface area contributed by atoms with Gasteiger partial charge in [-0.15, -0.1) is 0 Å². The highest BCUT2D eigenvalue weighted by molar-refractivity contribution is 6.25. The van der Waals surface area contributed by atoms with Crippen molar-refractivity contribution >= 4 is 22.9 Å². The molecule has 1 unspecified atom stereocenters. The number of carbonyl (C=O) groups excluding carboxylic acids is 3. The Morgan fingerprint density at radius 1 is 1.10 bits per heavy atom. The van der Waals surface area contributed by atoms with E-state index in [1.165, 1.54) is 11.6 Å². The maximum absolute atomic E-state index is 14.2. The Morgan fingerprint density at radius 2 is 1.78 bits per heavy atom. The molecule has 0 bridgehead atoms. The van der Waals surface area contributed by atoms with Crippen LogP contribution < -0.4 is 0 Å². The summed E-state index contributed by atoms with van der Waals surface area (Å²) in [5.41, 5.74) is -1.77. The van der Waals surface area contributed by atoms with Crippen LogP contribution in [0.25, 0.3) is 5.57 Å². The van der Waals surface area contributed by atoms with Crippen LogP contribution in [0.2, 0.25) is 0 Å². The Morgan fingerprint density at radius 3 is 2.39 bits per heavy atom. The quantitative estimate of drug-likeness (QED) is 0.302. The van der Waals surface area contributed by atoms with Crippen LogP contribution in [0.4, 0.5) is 0 Å². The second-order valence-electron chi connectivity index (χ2n) is 13.2. The normalized spacial score (nSPS) is 31.2. The number of hydrogen-bond donors (Lipinski definition) is 4. The Hall–Kier alpha value is -3.45. The molecular weight excluding hydrogens is 520 g/mol. The second-order valence-corrected chi connectivity index (χ2v) is 13.2. The van der Waals surface area contributed by atoms with E-state index in [1.54, 1.807) is 6.92 Å². The van der Waals surface area contributed by atoms with E-state index in [2.05, 4.69) is 19.1 Å². The van der Waals surface area contributed by atoms with Gasteiger partial charge >= 0.3 is 0 Å². The Kier molecular flexibility index (Phi) is 6.77. The minimum atomic E-state index is -2.60. The summed E-state index contributed by atoms with van der Waals surface area (Å²) < 4.78 is 0. The van der Waals surface area contributed by atoms with Crippen LogP contribution in [-0.4, -0.2) is 43.4 Å². The molecule has 0 aromatic heterocycles. The summed E-state index contributed by atoms with van der Waals surface area (Å²) in [5, 5.41) is 46.1. The lowest BCUT2D eigenvalue weighted by molar-refractivity contribution is -0.171. The molecule has 0 amide bonds. The summed E-state index contributed by atoms with van der Waals surface area (Å²) in [7, 11) is 0. The molecule has 0 saturated carbocycles. The molecule has 0 fully saturated rings. The first-order valence-electron chi connectivity index (χ1n) is 14.6. The fourth-order valence-corrected chi connectivity index (χ4v) is 8.37. The number of phenolic OH excluding ortho intramolecular Hbond substituents is 1. The van der Waals surface area contributed by atoms with Gasteiger partial charge in [0.1, 0.15) is 22.8 Å². The number of aliphatic hydroxyl groups is 3. The van der Waals surface area contributed by atoms with E-state index in [-0.39, 0.29) is 41.4 Å². The molecule has 1 aromatic carbocycles. The molecule has 4 N–H and O–H groups in total. The van der Waals surface area contributed by atoms with Gasteiger partial charge in [-0.2, -0.15) is 0 Å². The van der Waals surface area contributed by atoms with Gasteiger partial charge in [-0.25, -0.2) is 0 Å². The number of aliphatic hydroxyl groups excluding tert-OH is 2. The number of Topliss-reactive ketones (excluding diaryl/α,β-unsaturated/α-hetero) is 3. The average Bonchev–Trinajstić information content (AvgIpc) is 3.33. The Balaban J connectivity index is 1.70.